The molecule has 0 aromatic heterocycles. The molecule has 1 amide bonds. The summed E-state index contributed by atoms with van der Waals surface area (Å²) in [5.74, 6) is 0.584. The Balaban J connectivity index is 1.72. The molecular weight excluding hydrogens is 342 g/mol. The van der Waals surface area contributed by atoms with Crippen LogP contribution in [0.5, 0.6) is 0 Å². The Bertz CT molecular complexity index is 883. The van der Waals surface area contributed by atoms with Crippen LogP contribution < -0.4 is 0 Å². The van der Waals surface area contributed by atoms with Gasteiger partial charge in [0.1, 0.15) is 0 Å². The minimum absolute atomic E-state index is 0.0590. The minimum atomic E-state index is 0.0590. The van der Waals surface area contributed by atoms with Gasteiger partial charge in [-0.3, -0.25) is 4.79 Å². The van der Waals surface area contributed by atoms with E-state index in [1.165, 1.54) is 22.3 Å². The molecule has 0 spiro atoms. The summed E-state index contributed by atoms with van der Waals surface area (Å²) >= 11 is 6.32. The number of fused-ring (bicyclic) bond motifs is 2. The average molecular weight is 366 g/mol. The number of nitrogens with zero attached hydrogens (tertiary/aromatic N) is 1. The second kappa shape index (κ2) is 6.92. The third kappa shape index (κ3) is 2.97. The van der Waals surface area contributed by atoms with Crippen molar-refractivity contribution in [1.29, 1.82) is 0 Å². The number of amides is 1. The maximum atomic E-state index is 13.3. The Kier molecular flexibility index (Phi) is 4.62. The molecule has 1 unspecified atom stereocenters. The van der Waals surface area contributed by atoms with Crippen LogP contribution in [0.1, 0.15) is 48.2 Å². The van der Waals surface area contributed by atoms with Crippen LogP contribution in [-0.2, 0) is 6.42 Å². The standard InChI is InChI=1S/C23H24ClNO/c1-15(2)13-22-20-14-16-7-3-4-8-17(16)18(20)11-12-25(22)23(26)19-9-5-6-10-21(19)24/h3-10,15,22H,11-14H2,1-2H3. The molecule has 0 saturated carbocycles. The number of hydrogen-bond donors (Lipinski definition) is 0. The molecule has 0 N–H and O–H groups in total. The fourth-order valence-electron chi connectivity index (χ4n) is 4.39. The second-order valence-corrected chi connectivity index (χ2v) is 8.12. The molecule has 1 aliphatic carbocycles. The Morgan fingerprint density at radius 2 is 1.88 bits per heavy atom. The molecule has 26 heavy (non-hydrogen) atoms. The van der Waals surface area contributed by atoms with Crippen molar-refractivity contribution in [2.24, 2.45) is 5.92 Å². The summed E-state index contributed by atoms with van der Waals surface area (Å²) in [6, 6.07) is 16.2. The number of carbonyl (C=O) groups is 1. The normalized spacial score (nSPS) is 18.9. The first kappa shape index (κ1) is 17.4. The molecule has 0 saturated heterocycles. The lowest BCUT2D eigenvalue weighted by Gasteiger charge is -2.38. The van der Waals surface area contributed by atoms with Crippen molar-refractivity contribution >= 4 is 23.1 Å². The van der Waals surface area contributed by atoms with Crippen LogP contribution in [0.25, 0.3) is 5.57 Å². The number of carbonyl (C=O) groups excluding carboxylic acids is 1. The van der Waals surface area contributed by atoms with E-state index in [1.807, 2.05) is 18.2 Å². The quantitative estimate of drug-likeness (QED) is 0.692. The lowest BCUT2D eigenvalue weighted by molar-refractivity contribution is 0.0681. The van der Waals surface area contributed by atoms with E-state index in [0.717, 1.165) is 25.8 Å². The van der Waals surface area contributed by atoms with Gasteiger partial charge in [0.15, 0.2) is 0 Å². The molecule has 4 rings (SSSR count). The summed E-state index contributed by atoms with van der Waals surface area (Å²) in [4.78, 5) is 15.4. The summed E-state index contributed by atoms with van der Waals surface area (Å²) in [7, 11) is 0. The van der Waals surface area contributed by atoms with Gasteiger partial charge in [0.05, 0.1) is 16.6 Å². The van der Waals surface area contributed by atoms with Crippen LogP contribution in [0.4, 0.5) is 0 Å². The maximum absolute atomic E-state index is 13.3. The van der Waals surface area contributed by atoms with Gasteiger partial charge in [0.25, 0.3) is 5.91 Å². The zero-order chi connectivity index (χ0) is 18.3. The topological polar surface area (TPSA) is 20.3 Å². The fourth-order valence-corrected chi connectivity index (χ4v) is 4.61. The zero-order valence-corrected chi connectivity index (χ0v) is 16.1. The molecule has 0 fully saturated rings. The van der Waals surface area contributed by atoms with Crippen molar-refractivity contribution in [2.45, 2.75) is 39.2 Å². The van der Waals surface area contributed by atoms with Crippen molar-refractivity contribution in [3.8, 4) is 0 Å². The van der Waals surface area contributed by atoms with Gasteiger partial charge in [-0.05, 0) is 59.6 Å². The Morgan fingerprint density at radius 3 is 2.65 bits per heavy atom. The van der Waals surface area contributed by atoms with E-state index in [4.69, 9.17) is 11.6 Å². The molecule has 2 aromatic rings. The minimum Gasteiger partial charge on any atom is -0.332 e. The largest absolute Gasteiger partial charge is 0.332 e. The molecular formula is C23H24ClNO. The second-order valence-electron chi connectivity index (χ2n) is 7.71. The van der Waals surface area contributed by atoms with Crippen LogP contribution in [0, 0.1) is 5.92 Å². The number of rotatable bonds is 3. The maximum Gasteiger partial charge on any atom is 0.255 e. The van der Waals surface area contributed by atoms with Crippen LogP contribution >= 0.6 is 11.6 Å². The molecule has 1 heterocycles. The van der Waals surface area contributed by atoms with E-state index in [0.29, 0.717) is 16.5 Å². The highest BCUT2D eigenvalue weighted by molar-refractivity contribution is 6.33. The summed E-state index contributed by atoms with van der Waals surface area (Å²) in [6.45, 7) is 5.22. The molecule has 2 aliphatic rings. The van der Waals surface area contributed by atoms with Gasteiger partial charge in [-0.1, -0.05) is 61.8 Å². The van der Waals surface area contributed by atoms with E-state index in [-0.39, 0.29) is 11.9 Å². The monoisotopic (exact) mass is 365 g/mol. The van der Waals surface area contributed by atoms with Crippen LogP contribution in [0.2, 0.25) is 5.02 Å². The first-order valence-electron chi connectivity index (χ1n) is 9.42. The SMILES string of the molecule is CC(C)CC1C2=C(CCN1C(=O)c1ccccc1Cl)c1ccccc1C2. The number of hydrogen-bond acceptors (Lipinski definition) is 1. The van der Waals surface area contributed by atoms with Gasteiger partial charge in [-0.25, -0.2) is 0 Å². The highest BCUT2D eigenvalue weighted by Crippen LogP contribution is 2.42. The third-order valence-electron chi connectivity index (χ3n) is 5.55. The first-order chi connectivity index (χ1) is 12.6. The lowest BCUT2D eigenvalue weighted by atomic mass is 9.87. The summed E-state index contributed by atoms with van der Waals surface area (Å²) in [6.07, 6.45) is 2.88. The molecule has 1 atom stereocenters. The molecule has 2 aromatic carbocycles. The van der Waals surface area contributed by atoms with E-state index in [9.17, 15) is 4.79 Å². The van der Waals surface area contributed by atoms with Gasteiger partial charge in [-0.15, -0.1) is 0 Å². The van der Waals surface area contributed by atoms with Gasteiger partial charge in [-0.2, -0.15) is 0 Å². The summed E-state index contributed by atoms with van der Waals surface area (Å²) < 4.78 is 0. The average Bonchev–Trinajstić information content (AvgIpc) is 3.01. The summed E-state index contributed by atoms with van der Waals surface area (Å²) in [5.41, 5.74) is 6.31. The third-order valence-corrected chi connectivity index (χ3v) is 5.88. The predicted octanol–water partition coefficient (Wildman–Crippen LogP) is 5.61. The molecule has 2 nitrogen and oxygen atoms in total. The summed E-state index contributed by atoms with van der Waals surface area (Å²) in [5, 5.41) is 0.537. The van der Waals surface area contributed by atoms with Crippen LogP contribution in [-0.4, -0.2) is 23.4 Å². The molecule has 1 aliphatic heterocycles. The number of benzene rings is 2. The zero-order valence-electron chi connectivity index (χ0n) is 15.3. The Labute approximate surface area is 160 Å². The molecule has 0 bridgehead atoms. The van der Waals surface area contributed by atoms with Crippen molar-refractivity contribution in [1.82, 2.24) is 4.90 Å². The van der Waals surface area contributed by atoms with Crippen LogP contribution in [0.15, 0.2) is 54.1 Å². The van der Waals surface area contributed by atoms with E-state index >= 15 is 0 Å². The molecule has 3 heteroatoms. The Morgan fingerprint density at radius 1 is 1.15 bits per heavy atom. The van der Waals surface area contributed by atoms with E-state index in [1.54, 1.807) is 6.07 Å². The van der Waals surface area contributed by atoms with E-state index in [2.05, 4.69) is 43.0 Å². The highest BCUT2D eigenvalue weighted by Gasteiger charge is 2.37. The molecule has 134 valence electrons. The van der Waals surface area contributed by atoms with Crippen LogP contribution in [0.3, 0.4) is 0 Å². The van der Waals surface area contributed by atoms with Crippen molar-refractivity contribution in [2.75, 3.05) is 6.54 Å². The lowest BCUT2D eigenvalue weighted by Crippen LogP contribution is -2.45. The molecule has 0 radical (unpaired) electrons. The van der Waals surface area contributed by atoms with Gasteiger partial charge >= 0.3 is 0 Å². The first-order valence-corrected chi connectivity index (χ1v) is 9.79. The van der Waals surface area contributed by atoms with Crippen molar-refractivity contribution in [3.05, 3.63) is 75.8 Å². The van der Waals surface area contributed by atoms with Gasteiger partial charge in [0, 0.05) is 6.54 Å². The highest BCUT2D eigenvalue weighted by atomic mass is 35.5. The predicted molar refractivity (Wildman–Crippen MR) is 107 cm³/mol. The van der Waals surface area contributed by atoms with Crippen molar-refractivity contribution in [3.63, 3.8) is 0 Å². The van der Waals surface area contributed by atoms with Crippen molar-refractivity contribution < 1.29 is 4.79 Å². The fraction of sp³-hybridized carbons (Fsp3) is 0.348. The van der Waals surface area contributed by atoms with Gasteiger partial charge in [0.2, 0.25) is 0 Å². The Hall–Kier alpha value is -2.06. The smallest absolute Gasteiger partial charge is 0.255 e. The number of halogens is 1. The van der Waals surface area contributed by atoms with E-state index < -0.39 is 0 Å². The van der Waals surface area contributed by atoms with Gasteiger partial charge < -0.3 is 4.90 Å².